The Labute approximate surface area is 114 Å². The standard InChI is InChI=1S/C13H13NO6/c1-20-10-3-2-7(12(16)17)4-9(10)14-6-8(13(18)19)5-11(14)15/h2-4,8H,5-6H2,1H3,(H,16,17)(H,18,19)/t8-/m0/s1. The molecule has 1 atom stereocenters. The van der Waals surface area contributed by atoms with E-state index < -0.39 is 17.9 Å². The summed E-state index contributed by atoms with van der Waals surface area (Å²) in [4.78, 5) is 35.1. The molecule has 0 saturated carbocycles. The normalized spacial score (nSPS) is 18.1. The van der Waals surface area contributed by atoms with Crippen LogP contribution < -0.4 is 9.64 Å². The van der Waals surface area contributed by atoms with Gasteiger partial charge in [-0.05, 0) is 18.2 Å². The van der Waals surface area contributed by atoms with Crippen molar-refractivity contribution in [2.24, 2.45) is 5.92 Å². The Balaban J connectivity index is 2.40. The first-order valence-electron chi connectivity index (χ1n) is 5.88. The Morgan fingerprint density at radius 2 is 2.05 bits per heavy atom. The number of carbonyl (C=O) groups is 3. The fourth-order valence-corrected chi connectivity index (χ4v) is 2.14. The number of hydrogen-bond donors (Lipinski definition) is 2. The number of benzene rings is 1. The van der Waals surface area contributed by atoms with Crippen LogP contribution in [0.2, 0.25) is 0 Å². The van der Waals surface area contributed by atoms with E-state index >= 15 is 0 Å². The van der Waals surface area contributed by atoms with Crippen molar-refractivity contribution in [3.05, 3.63) is 23.8 Å². The second kappa shape index (κ2) is 5.20. The van der Waals surface area contributed by atoms with Crippen molar-refractivity contribution >= 4 is 23.5 Å². The SMILES string of the molecule is COc1ccc(C(=O)O)cc1N1C[C@@H](C(=O)O)CC1=O. The van der Waals surface area contributed by atoms with Crippen LogP contribution in [-0.2, 0) is 9.59 Å². The molecule has 1 aromatic rings. The lowest BCUT2D eigenvalue weighted by molar-refractivity contribution is -0.141. The van der Waals surface area contributed by atoms with Crippen LogP contribution in [0.15, 0.2) is 18.2 Å². The molecule has 7 nitrogen and oxygen atoms in total. The third-order valence-electron chi connectivity index (χ3n) is 3.19. The molecule has 1 amide bonds. The molecule has 2 N–H and O–H groups in total. The fourth-order valence-electron chi connectivity index (χ4n) is 2.14. The van der Waals surface area contributed by atoms with E-state index in [-0.39, 0.29) is 30.1 Å². The smallest absolute Gasteiger partial charge is 0.335 e. The highest BCUT2D eigenvalue weighted by atomic mass is 16.5. The molecule has 0 bridgehead atoms. The maximum absolute atomic E-state index is 11.9. The van der Waals surface area contributed by atoms with Gasteiger partial charge in [-0.2, -0.15) is 0 Å². The number of aliphatic carboxylic acids is 1. The molecule has 1 aliphatic heterocycles. The third kappa shape index (κ3) is 2.42. The lowest BCUT2D eigenvalue weighted by Gasteiger charge is -2.19. The largest absolute Gasteiger partial charge is 0.495 e. The molecule has 106 valence electrons. The van der Waals surface area contributed by atoms with Gasteiger partial charge in [0.2, 0.25) is 5.91 Å². The van der Waals surface area contributed by atoms with Crippen LogP contribution >= 0.6 is 0 Å². The Kier molecular flexibility index (Phi) is 3.60. The topological polar surface area (TPSA) is 104 Å². The quantitative estimate of drug-likeness (QED) is 0.846. The molecule has 7 heteroatoms. The number of nitrogens with zero attached hydrogens (tertiary/aromatic N) is 1. The second-order valence-corrected chi connectivity index (χ2v) is 4.44. The number of rotatable bonds is 4. The summed E-state index contributed by atoms with van der Waals surface area (Å²) in [6.45, 7) is 0.00754. The maximum atomic E-state index is 11.9. The van der Waals surface area contributed by atoms with E-state index in [4.69, 9.17) is 14.9 Å². The highest BCUT2D eigenvalue weighted by molar-refractivity contribution is 6.01. The summed E-state index contributed by atoms with van der Waals surface area (Å²) < 4.78 is 5.10. The van der Waals surface area contributed by atoms with E-state index in [1.807, 2.05) is 0 Å². The van der Waals surface area contributed by atoms with Gasteiger partial charge in [0.1, 0.15) is 5.75 Å². The lowest BCUT2D eigenvalue weighted by atomic mass is 10.1. The lowest BCUT2D eigenvalue weighted by Crippen LogP contribution is -2.26. The van der Waals surface area contributed by atoms with Gasteiger partial charge in [0.15, 0.2) is 0 Å². The molecule has 20 heavy (non-hydrogen) atoms. The molecule has 0 unspecified atom stereocenters. The highest BCUT2D eigenvalue weighted by Crippen LogP contribution is 2.34. The van der Waals surface area contributed by atoms with E-state index in [0.29, 0.717) is 5.75 Å². The Bertz CT molecular complexity index is 582. The van der Waals surface area contributed by atoms with E-state index in [2.05, 4.69) is 0 Å². The molecule has 2 rings (SSSR count). The predicted octanol–water partition coefficient (Wildman–Crippen LogP) is 0.831. The van der Waals surface area contributed by atoms with Crippen molar-refractivity contribution in [1.29, 1.82) is 0 Å². The van der Waals surface area contributed by atoms with Crippen molar-refractivity contribution in [2.45, 2.75) is 6.42 Å². The van der Waals surface area contributed by atoms with Crippen molar-refractivity contribution in [3.8, 4) is 5.75 Å². The average Bonchev–Trinajstić information content (AvgIpc) is 2.80. The minimum Gasteiger partial charge on any atom is -0.495 e. The van der Waals surface area contributed by atoms with Gasteiger partial charge in [0, 0.05) is 13.0 Å². The maximum Gasteiger partial charge on any atom is 0.335 e. The number of aromatic carboxylic acids is 1. The van der Waals surface area contributed by atoms with Crippen molar-refractivity contribution in [3.63, 3.8) is 0 Å². The van der Waals surface area contributed by atoms with Gasteiger partial charge in [0.05, 0.1) is 24.3 Å². The first-order valence-corrected chi connectivity index (χ1v) is 5.88. The van der Waals surface area contributed by atoms with E-state index in [0.717, 1.165) is 0 Å². The molecule has 1 aliphatic rings. The zero-order valence-electron chi connectivity index (χ0n) is 10.7. The van der Waals surface area contributed by atoms with E-state index in [9.17, 15) is 14.4 Å². The molecule has 1 saturated heterocycles. The molecular weight excluding hydrogens is 266 g/mol. The Morgan fingerprint density at radius 3 is 2.55 bits per heavy atom. The number of methoxy groups -OCH3 is 1. The van der Waals surface area contributed by atoms with Crippen LogP contribution in [0.1, 0.15) is 16.8 Å². The van der Waals surface area contributed by atoms with Crippen molar-refractivity contribution in [2.75, 3.05) is 18.6 Å². The number of ether oxygens (including phenoxy) is 1. The van der Waals surface area contributed by atoms with Gasteiger partial charge in [0.25, 0.3) is 0 Å². The third-order valence-corrected chi connectivity index (χ3v) is 3.19. The van der Waals surface area contributed by atoms with Gasteiger partial charge in [-0.1, -0.05) is 0 Å². The summed E-state index contributed by atoms with van der Waals surface area (Å²) in [5.74, 6) is -3.00. The summed E-state index contributed by atoms with van der Waals surface area (Å²) in [7, 11) is 1.40. The summed E-state index contributed by atoms with van der Waals surface area (Å²) in [5, 5.41) is 17.9. The summed E-state index contributed by atoms with van der Waals surface area (Å²) in [6.07, 6.45) is -0.101. The fraction of sp³-hybridized carbons (Fsp3) is 0.308. The number of carbonyl (C=O) groups excluding carboxylic acids is 1. The first-order chi connectivity index (χ1) is 9.43. The van der Waals surface area contributed by atoms with Gasteiger partial charge in [-0.3, -0.25) is 9.59 Å². The number of hydrogen-bond acceptors (Lipinski definition) is 4. The van der Waals surface area contributed by atoms with Crippen LogP contribution in [0.25, 0.3) is 0 Å². The summed E-state index contributed by atoms with van der Waals surface area (Å²) in [6, 6.07) is 4.11. The van der Waals surface area contributed by atoms with Crippen molar-refractivity contribution < 1.29 is 29.3 Å². The van der Waals surface area contributed by atoms with E-state index in [1.54, 1.807) is 0 Å². The van der Waals surface area contributed by atoms with Crippen LogP contribution in [0, 0.1) is 5.92 Å². The zero-order valence-corrected chi connectivity index (χ0v) is 10.7. The van der Waals surface area contributed by atoms with Crippen molar-refractivity contribution in [1.82, 2.24) is 0 Å². The molecule has 1 fully saturated rings. The number of carboxylic acid groups (broad SMARTS) is 2. The molecule has 1 aromatic carbocycles. The van der Waals surface area contributed by atoms with Gasteiger partial charge < -0.3 is 19.8 Å². The number of amides is 1. The van der Waals surface area contributed by atoms with E-state index in [1.165, 1.54) is 30.2 Å². The minimum absolute atomic E-state index is 0.00683. The second-order valence-electron chi connectivity index (χ2n) is 4.44. The Morgan fingerprint density at radius 1 is 1.35 bits per heavy atom. The average molecular weight is 279 g/mol. The molecular formula is C13H13NO6. The zero-order chi connectivity index (χ0) is 14.9. The first kappa shape index (κ1) is 13.9. The predicted molar refractivity (Wildman–Crippen MR) is 68.0 cm³/mol. The Hall–Kier alpha value is -2.57. The molecule has 0 aromatic heterocycles. The van der Waals surface area contributed by atoms with Gasteiger partial charge >= 0.3 is 11.9 Å². The van der Waals surface area contributed by atoms with Crippen LogP contribution in [0.3, 0.4) is 0 Å². The van der Waals surface area contributed by atoms with Crippen LogP contribution in [0.4, 0.5) is 5.69 Å². The van der Waals surface area contributed by atoms with Crippen LogP contribution in [-0.4, -0.2) is 41.7 Å². The summed E-state index contributed by atoms with van der Waals surface area (Å²) >= 11 is 0. The molecule has 0 radical (unpaired) electrons. The summed E-state index contributed by atoms with van der Waals surface area (Å²) in [5.41, 5.74) is 0.286. The van der Waals surface area contributed by atoms with Crippen LogP contribution in [0.5, 0.6) is 5.75 Å². The number of carboxylic acids is 2. The molecule has 0 aliphatic carbocycles. The monoisotopic (exact) mass is 279 g/mol. The van der Waals surface area contributed by atoms with Gasteiger partial charge in [-0.15, -0.1) is 0 Å². The number of anilines is 1. The highest BCUT2D eigenvalue weighted by Gasteiger charge is 2.36. The molecule has 0 spiro atoms. The molecule has 1 heterocycles. The minimum atomic E-state index is -1.13. The van der Waals surface area contributed by atoms with Gasteiger partial charge in [-0.25, -0.2) is 4.79 Å².